The fourth-order valence-corrected chi connectivity index (χ4v) is 4.40. The van der Waals surface area contributed by atoms with E-state index < -0.39 is 0 Å². The molecule has 0 N–H and O–H groups in total. The van der Waals surface area contributed by atoms with Gasteiger partial charge in [-0.3, -0.25) is 14.2 Å². The summed E-state index contributed by atoms with van der Waals surface area (Å²) in [5.41, 5.74) is 1.54. The maximum Gasteiger partial charge on any atom is 0.262 e. The minimum Gasteiger partial charge on any atom is -0.493 e. The molecule has 0 spiro atoms. The summed E-state index contributed by atoms with van der Waals surface area (Å²) in [5, 5.41) is 1.17. The maximum atomic E-state index is 13.0. The molecule has 2 aromatic carbocycles. The van der Waals surface area contributed by atoms with Crippen LogP contribution in [0.2, 0.25) is 0 Å². The lowest BCUT2D eigenvalue weighted by Gasteiger charge is -2.22. The first kappa shape index (κ1) is 23.7. The van der Waals surface area contributed by atoms with E-state index in [1.807, 2.05) is 50.2 Å². The van der Waals surface area contributed by atoms with Crippen molar-refractivity contribution in [3.63, 3.8) is 0 Å². The standard InChI is InChI=1S/C24H29N3O4S/c1-5-13-27-23(29)18-9-7-8-10-19(18)25-24(27)32-16-22(28)26(6-2)15-17-11-12-20(30-3)21(14-17)31-4/h7-12,14H,5-6,13,15-16H2,1-4H3. The van der Waals surface area contributed by atoms with Gasteiger partial charge in [-0.15, -0.1) is 0 Å². The van der Waals surface area contributed by atoms with Crippen LogP contribution in [-0.4, -0.2) is 46.9 Å². The summed E-state index contributed by atoms with van der Waals surface area (Å²) >= 11 is 1.31. The monoisotopic (exact) mass is 455 g/mol. The highest BCUT2D eigenvalue weighted by Gasteiger charge is 2.17. The molecule has 1 aromatic heterocycles. The van der Waals surface area contributed by atoms with Crippen molar-refractivity contribution >= 4 is 28.6 Å². The zero-order valence-corrected chi connectivity index (χ0v) is 19.8. The highest BCUT2D eigenvalue weighted by atomic mass is 32.2. The van der Waals surface area contributed by atoms with E-state index in [2.05, 4.69) is 4.98 Å². The molecule has 0 aliphatic heterocycles. The van der Waals surface area contributed by atoms with Gasteiger partial charge in [0.15, 0.2) is 16.7 Å². The third-order valence-electron chi connectivity index (χ3n) is 5.15. The van der Waals surface area contributed by atoms with Crippen LogP contribution in [0.1, 0.15) is 25.8 Å². The van der Waals surface area contributed by atoms with Crippen molar-refractivity contribution < 1.29 is 14.3 Å². The predicted molar refractivity (Wildman–Crippen MR) is 128 cm³/mol. The number of ether oxygens (including phenoxy) is 2. The number of fused-ring (bicyclic) bond motifs is 1. The van der Waals surface area contributed by atoms with Crippen molar-refractivity contribution in [1.29, 1.82) is 0 Å². The second-order valence-corrected chi connectivity index (χ2v) is 8.20. The molecule has 1 amide bonds. The zero-order valence-electron chi connectivity index (χ0n) is 19.0. The molecule has 7 nitrogen and oxygen atoms in total. The van der Waals surface area contributed by atoms with Crippen LogP contribution in [0.4, 0.5) is 0 Å². The van der Waals surface area contributed by atoms with Gasteiger partial charge in [0.05, 0.1) is 30.9 Å². The zero-order chi connectivity index (χ0) is 23.1. The lowest BCUT2D eigenvalue weighted by molar-refractivity contribution is -0.128. The summed E-state index contributed by atoms with van der Waals surface area (Å²) in [6, 6.07) is 13.0. The molecular weight excluding hydrogens is 426 g/mol. The summed E-state index contributed by atoms with van der Waals surface area (Å²) in [6.07, 6.45) is 0.807. The normalized spacial score (nSPS) is 10.9. The van der Waals surface area contributed by atoms with E-state index >= 15 is 0 Å². The number of aromatic nitrogens is 2. The van der Waals surface area contributed by atoms with Crippen molar-refractivity contribution in [1.82, 2.24) is 14.5 Å². The Morgan fingerprint density at radius 2 is 1.84 bits per heavy atom. The maximum absolute atomic E-state index is 13.0. The molecule has 0 radical (unpaired) electrons. The smallest absolute Gasteiger partial charge is 0.262 e. The molecule has 0 unspecified atom stereocenters. The largest absolute Gasteiger partial charge is 0.493 e. The minimum atomic E-state index is -0.0647. The fraction of sp³-hybridized carbons (Fsp3) is 0.375. The van der Waals surface area contributed by atoms with Gasteiger partial charge in [0.1, 0.15) is 0 Å². The van der Waals surface area contributed by atoms with Gasteiger partial charge in [-0.05, 0) is 43.2 Å². The summed E-state index contributed by atoms with van der Waals surface area (Å²) in [7, 11) is 3.18. The van der Waals surface area contributed by atoms with Gasteiger partial charge in [-0.25, -0.2) is 4.98 Å². The molecule has 170 valence electrons. The van der Waals surface area contributed by atoms with E-state index in [1.54, 1.807) is 29.8 Å². The molecule has 32 heavy (non-hydrogen) atoms. The van der Waals surface area contributed by atoms with Gasteiger partial charge in [-0.2, -0.15) is 0 Å². The number of rotatable bonds is 10. The Morgan fingerprint density at radius 1 is 1.09 bits per heavy atom. The molecule has 0 aliphatic rings. The lowest BCUT2D eigenvalue weighted by atomic mass is 10.2. The highest BCUT2D eigenvalue weighted by molar-refractivity contribution is 7.99. The third-order valence-corrected chi connectivity index (χ3v) is 6.12. The SMILES string of the molecule is CCCn1c(SCC(=O)N(CC)Cc2ccc(OC)c(OC)c2)nc2ccccc2c1=O. The molecule has 0 aliphatic carbocycles. The summed E-state index contributed by atoms with van der Waals surface area (Å²) in [6.45, 7) is 5.56. The molecule has 0 bridgehead atoms. The first-order valence-corrected chi connectivity index (χ1v) is 11.6. The fourth-order valence-electron chi connectivity index (χ4n) is 3.47. The molecule has 3 rings (SSSR count). The van der Waals surface area contributed by atoms with Crippen LogP contribution in [-0.2, 0) is 17.9 Å². The Bertz CT molecular complexity index is 1150. The molecule has 3 aromatic rings. The van der Waals surface area contributed by atoms with Crippen LogP contribution in [0.3, 0.4) is 0 Å². The molecule has 0 saturated carbocycles. The van der Waals surface area contributed by atoms with Crippen LogP contribution in [0.25, 0.3) is 10.9 Å². The number of hydrogen-bond acceptors (Lipinski definition) is 6. The molecule has 8 heteroatoms. The molecule has 0 fully saturated rings. The number of para-hydroxylation sites is 1. The average molecular weight is 456 g/mol. The van der Waals surface area contributed by atoms with Crippen LogP contribution >= 0.6 is 11.8 Å². The van der Waals surface area contributed by atoms with E-state index in [9.17, 15) is 9.59 Å². The first-order valence-electron chi connectivity index (χ1n) is 10.6. The number of benzene rings is 2. The topological polar surface area (TPSA) is 73.7 Å². The van der Waals surface area contributed by atoms with Crippen LogP contribution in [0.15, 0.2) is 52.4 Å². The van der Waals surface area contributed by atoms with Crippen molar-refractivity contribution in [2.24, 2.45) is 0 Å². The molecule has 1 heterocycles. The first-order chi connectivity index (χ1) is 15.5. The molecule has 0 saturated heterocycles. The second kappa shape index (κ2) is 11.0. The number of carbonyl (C=O) groups excluding carboxylic acids is 1. The number of thioether (sulfide) groups is 1. The average Bonchev–Trinajstić information content (AvgIpc) is 2.82. The number of carbonyl (C=O) groups is 1. The summed E-state index contributed by atoms with van der Waals surface area (Å²) < 4.78 is 12.3. The van der Waals surface area contributed by atoms with Gasteiger partial charge >= 0.3 is 0 Å². The Balaban J connectivity index is 1.77. The van der Waals surface area contributed by atoms with Crippen LogP contribution in [0, 0.1) is 0 Å². The Labute approximate surface area is 192 Å². The van der Waals surface area contributed by atoms with Crippen LogP contribution < -0.4 is 15.0 Å². The third kappa shape index (κ3) is 5.24. The van der Waals surface area contributed by atoms with E-state index in [0.29, 0.717) is 47.2 Å². The van der Waals surface area contributed by atoms with Crippen molar-refractivity contribution in [2.45, 2.75) is 38.5 Å². The van der Waals surface area contributed by atoms with E-state index in [0.717, 1.165) is 12.0 Å². The van der Waals surface area contributed by atoms with Gasteiger partial charge in [0.2, 0.25) is 5.91 Å². The Morgan fingerprint density at radius 3 is 2.53 bits per heavy atom. The van der Waals surface area contributed by atoms with Crippen molar-refractivity contribution in [3.8, 4) is 11.5 Å². The van der Waals surface area contributed by atoms with Crippen molar-refractivity contribution in [3.05, 3.63) is 58.4 Å². The van der Waals surface area contributed by atoms with E-state index in [1.165, 1.54) is 11.8 Å². The van der Waals surface area contributed by atoms with Gasteiger partial charge < -0.3 is 14.4 Å². The summed E-state index contributed by atoms with van der Waals surface area (Å²) in [5.74, 6) is 1.47. The van der Waals surface area contributed by atoms with E-state index in [-0.39, 0.29) is 17.2 Å². The predicted octanol–water partition coefficient (Wildman–Crippen LogP) is 3.96. The van der Waals surface area contributed by atoms with Crippen LogP contribution in [0.5, 0.6) is 11.5 Å². The number of amides is 1. The minimum absolute atomic E-state index is 0.0160. The Hall–Kier alpha value is -3.00. The van der Waals surface area contributed by atoms with Gasteiger partial charge in [-0.1, -0.05) is 36.9 Å². The quantitative estimate of drug-likeness (QED) is 0.340. The second-order valence-electron chi connectivity index (χ2n) is 7.25. The number of methoxy groups -OCH3 is 2. The van der Waals surface area contributed by atoms with Crippen molar-refractivity contribution in [2.75, 3.05) is 26.5 Å². The van der Waals surface area contributed by atoms with E-state index in [4.69, 9.17) is 9.47 Å². The molecular formula is C24H29N3O4S. The van der Waals surface area contributed by atoms with Gasteiger partial charge in [0, 0.05) is 19.6 Å². The summed E-state index contributed by atoms with van der Waals surface area (Å²) in [4.78, 5) is 32.3. The highest BCUT2D eigenvalue weighted by Crippen LogP contribution is 2.28. The number of nitrogens with zero attached hydrogens (tertiary/aromatic N) is 3. The Kier molecular flexibility index (Phi) is 8.16. The lowest BCUT2D eigenvalue weighted by Crippen LogP contribution is -2.32. The molecule has 0 atom stereocenters. The number of hydrogen-bond donors (Lipinski definition) is 0. The van der Waals surface area contributed by atoms with Gasteiger partial charge in [0.25, 0.3) is 5.56 Å².